The molecule has 1 aromatic rings. The molecule has 14 heavy (non-hydrogen) atoms. The SMILES string of the molecule is C[Si](C)(C)N=[S@@](=O)(Cl)c1ccccc1. The van der Waals surface area contributed by atoms with E-state index in [0.717, 1.165) is 0 Å². The van der Waals surface area contributed by atoms with Gasteiger partial charge in [-0.05, 0) is 31.8 Å². The van der Waals surface area contributed by atoms with Gasteiger partial charge in [-0.1, -0.05) is 18.2 Å². The molecular weight excluding hydrogens is 234 g/mol. The van der Waals surface area contributed by atoms with Crippen LogP contribution in [0, 0.1) is 0 Å². The smallest absolute Gasteiger partial charge is 0.186 e. The number of nitrogens with zero attached hydrogens (tertiary/aromatic N) is 1. The molecule has 78 valence electrons. The normalized spacial score (nSPS) is 16.0. The minimum absolute atomic E-state index is 0.601. The van der Waals surface area contributed by atoms with Gasteiger partial charge in [-0.2, -0.15) is 0 Å². The zero-order chi connectivity index (χ0) is 10.8. The molecule has 0 amide bonds. The molecule has 0 aliphatic carbocycles. The van der Waals surface area contributed by atoms with Crippen LogP contribution in [-0.2, 0) is 8.94 Å². The molecule has 1 atom stereocenters. The van der Waals surface area contributed by atoms with Crippen molar-refractivity contribution >= 4 is 27.9 Å². The quantitative estimate of drug-likeness (QED) is 0.581. The van der Waals surface area contributed by atoms with Gasteiger partial charge in [0.05, 0.1) is 4.90 Å². The van der Waals surface area contributed by atoms with E-state index < -0.39 is 17.2 Å². The Kier molecular flexibility index (Phi) is 3.39. The molecule has 0 bridgehead atoms. The predicted molar refractivity (Wildman–Crippen MR) is 64.5 cm³/mol. The summed E-state index contributed by atoms with van der Waals surface area (Å²) in [7, 11) is 1.48. The summed E-state index contributed by atoms with van der Waals surface area (Å²) < 4.78 is 16.3. The van der Waals surface area contributed by atoms with Crippen molar-refractivity contribution in [2.24, 2.45) is 4.03 Å². The van der Waals surface area contributed by atoms with E-state index in [-0.39, 0.29) is 0 Å². The maximum Gasteiger partial charge on any atom is 0.186 e. The van der Waals surface area contributed by atoms with E-state index >= 15 is 0 Å². The van der Waals surface area contributed by atoms with Crippen LogP contribution in [0.5, 0.6) is 0 Å². The van der Waals surface area contributed by atoms with Crippen LogP contribution in [0.15, 0.2) is 39.3 Å². The topological polar surface area (TPSA) is 29.4 Å². The predicted octanol–water partition coefficient (Wildman–Crippen LogP) is 3.50. The highest BCUT2D eigenvalue weighted by molar-refractivity contribution is 8.16. The minimum Gasteiger partial charge on any atom is -0.262 e. The van der Waals surface area contributed by atoms with Crippen molar-refractivity contribution in [1.82, 2.24) is 0 Å². The fraction of sp³-hybridized carbons (Fsp3) is 0.333. The third kappa shape index (κ3) is 3.44. The van der Waals surface area contributed by atoms with Gasteiger partial charge in [0.2, 0.25) is 0 Å². The summed E-state index contributed by atoms with van der Waals surface area (Å²) in [5.74, 6) is 0. The minimum atomic E-state index is -2.71. The Hall–Kier alpha value is -0.323. The lowest BCUT2D eigenvalue weighted by atomic mass is 10.4. The molecule has 0 saturated carbocycles. The monoisotopic (exact) mass is 247 g/mol. The Bertz CT molecular complexity index is 418. The van der Waals surface area contributed by atoms with Crippen LogP contribution in [0.25, 0.3) is 0 Å². The van der Waals surface area contributed by atoms with Crippen molar-refractivity contribution in [1.29, 1.82) is 0 Å². The van der Waals surface area contributed by atoms with Gasteiger partial charge in [-0.15, -0.1) is 0 Å². The van der Waals surface area contributed by atoms with Crippen LogP contribution < -0.4 is 0 Å². The molecule has 0 aliphatic rings. The average molecular weight is 248 g/mol. The molecule has 0 unspecified atom stereocenters. The summed E-state index contributed by atoms with van der Waals surface area (Å²) >= 11 is 0. The number of hydrogen-bond donors (Lipinski definition) is 0. The number of rotatable bonds is 2. The summed E-state index contributed by atoms with van der Waals surface area (Å²) in [6.07, 6.45) is 0. The van der Waals surface area contributed by atoms with Crippen LogP contribution in [0.4, 0.5) is 0 Å². The molecule has 0 saturated heterocycles. The molecule has 0 heterocycles. The van der Waals surface area contributed by atoms with E-state index in [1.807, 2.05) is 37.8 Å². The van der Waals surface area contributed by atoms with Crippen LogP contribution in [0.3, 0.4) is 0 Å². The van der Waals surface area contributed by atoms with Crippen molar-refractivity contribution in [3.8, 4) is 0 Å². The first kappa shape index (κ1) is 11.7. The summed E-state index contributed by atoms with van der Waals surface area (Å²) in [6, 6.07) is 9.00. The van der Waals surface area contributed by atoms with E-state index in [1.165, 1.54) is 0 Å². The summed E-state index contributed by atoms with van der Waals surface area (Å²) in [5.41, 5.74) is 0. The molecule has 0 radical (unpaired) electrons. The number of benzene rings is 1. The molecule has 2 nitrogen and oxygen atoms in total. The second-order valence-corrected chi connectivity index (χ2v) is 11.7. The molecule has 0 aliphatic heterocycles. The van der Waals surface area contributed by atoms with Gasteiger partial charge >= 0.3 is 0 Å². The van der Waals surface area contributed by atoms with E-state index in [4.69, 9.17) is 10.7 Å². The fourth-order valence-corrected chi connectivity index (χ4v) is 6.90. The number of hydrogen-bond acceptors (Lipinski definition) is 2. The number of halogens is 1. The third-order valence-corrected chi connectivity index (χ3v) is 6.56. The average Bonchev–Trinajstić information content (AvgIpc) is 2.01. The molecule has 0 fully saturated rings. The Morgan fingerprint density at radius 2 is 1.71 bits per heavy atom. The maximum atomic E-state index is 12.0. The van der Waals surface area contributed by atoms with Crippen molar-refractivity contribution < 1.29 is 4.21 Å². The Morgan fingerprint density at radius 3 is 2.14 bits per heavy atom. The van der Waals surface area contributed by atoms with E-state index in [2.05, 4.69) is 4.03 Å². The van der Waals surface area contributed by atoms with E-state index in [9.17, 15) is 4.21 Å². The van der Waals surface area contributed by atoms with Gasteiger partial charge in [0, 0.05) is 10.7 Å². The van der Waals surface area contributed by atoms with Crippen LogP contribution in [-0.4, -0.2) is 12.4 Å². The highest BCUT2D eigenvalue weighted by atomic mass is 35.7. The maximum absolute atomic E-state index is 12.0. The van der Waals surface area contributed by atoms with Crippen molar-refractivity contribution in [2.75, 3.05) is 0 Å². The second-order valence-electron chi connectivity index (χ2n) is 4.03. The summed E-state index contributed by atoms with van der Waals surface area (Å²) in [6.45, 7) is 6.04. The van der Waals surface area contributed by atoms with E-state index in [1.54, 1.807) is 12.1 Å². The second kappa shape index (κ2) is 4.04. The standard InChI is InChI=1S/C9H14ClNOSSi/c1-14(2,3)11-13(10,12)9-7-5-4-6-8-9/h4-8H,1-3H3/t13-/m0/s1. The molecule has 1 rings (SSSR count). The molecular formula is C9H14ClNOSSi. The largest absolute Gasteiger partial charge is 0.262 e. The molecule has 0 N–H and O–H groups in total. The van der Waals surface area contributed by atoms with Crippen molar-refractivity contribution in [3.05, 3.63) is 30.3 Å². The van der Waals surface area contributed by atoms with Gasteiger partial charge in [0.25, 0.3) is 0 Å². The lowest BCUT2D eigenvalue weighted by Crippen LogP contribution is -2.18. The Balaban J connectivity index is 3.23. The molecule has 1 aromatic carbocycles. The van der Waals surface area contributed by atoms with Crippen LogP contribution >= 0.6 is 10.7 Å². The molecule has 0 aromatic heterocycles. The molecule has 5 heteroatoms. The lowest BCUT2D eigenvalue weighted by Gasteiger charge is -2.11. The van der Waals surface area contributed by atoms with Gasteiger partial charge in [0.15, 0.2) is 17.2 Å². The van der Waals surface area contributed by atoms with Crippen LogP contribution in [0.2, 0.25) is 19.6 Å². The van der Waals surface area contributed by atoms with Gasteiger partial charge in [0.1, 0.15) is 0 Å². The van der Waals surface area contributed by atoms with Gasteiger partial charge in [-0.3, -0.25) is 4.03 Å². The van der Waals surface area contributed by atoms with Crippen molar-refractivity contribution in [3.63, 3.8) is 0 Å². The molecule has 0 spiro atoms. The zero-order valence-corrected chi connectivity index (χ0v) is 11.1. The Labute approximate surface area is 91.1 Å². The van der Waals surface area contributed by atoms with E-state index in [0.29, 0.717) is 4.90 Å². The van der Waals surface area contributed by atoms with Gasteiger partial charge < -0.3 is 0 Å². The summed E-state index contributed by atoms with van der Waals surface area (Å²) in [4.78, 5) is 0.601. The zero-order valence-electron chi connectivity index (χ0n) is 8.53. The lowest BCUT2D eigenvalue weighted by molar-refractivity contribution is 0.686. The highest BCUT2D eigenvalue weighted by Gasteiger charge is 2.17. The first-order chi connectivity index (χ1) is 6.31. The third-order valence-electron chi connectivity index (χ3n) is 1.43. The highest BCUT2D eigenvalue weighted by Crippen LogP contribution is 2.20. The first-order valence-corrected chi connectivity index (χ1v) is 10.1. The Morgan fingerprint density at radius 1 is 1.21 bits per heavy atom. The van der Waals surface area contributed by atoms with Crippen molar-refractivity contribution in [2.45, 2.75) is 24.5 Å². The fourth-order valence-electron chi connectivity index (χ4n) is 0.993. The van der Waals surface area contributed by atoms with Gasteiger partial charge in [-0.25, -0.2) is 4.21 Å². The first-order valence-electron chi connectivity index (χ1n) is 4.34. The van der Waals surface area contributed by atoms with Crippen LogP contribution in [0.1, 0.15) is 0 Å². The summed E-state index contributed by atoms with van der Waals surface area (Å²) in [5, 5.41) is 0.